The average molecular weight is 2020 g/mol. The Labute approximate surface area is 791 Å². The van der Waals surface area contributed by atoms with Crippen LogP contribution in [-0.4, -0.2) is 155 Å². The molecule has 0 radical (unpaired) electrons. The number of hydrogen-bond acceptors (Lipinski definition) is 29. The number of halogens is 2. The summed E-state index contributed by atoms with van der Waals surface area (Å²) < 4.78 is 81.2. The van der Waals surface area contributed by atoms with E-state index in [0.717, 1.165) is 45.5 Å². The number of aliphatic imine (C=N–C) groups is 4. The minimum absolute atomic E-state index is 0. The Hall–Kier alpha value is -10.4. The molecule has 4 heterocycles. The molecule has 0 aliphatic carbocycles. The molecule has 0 spiro atoms. The number of para-hydroxylation sites is 8. The van der Waals surface area contributed by atoms with Crippen LogP contribution in [0.3, 0.4) is 0 Å². The first kappa shape index (κ1) is 132. The molecule has 0 fully saturated rings. The van der Waals surface area contributed by atoms with E-state index in [1.807, 2.05) is 177 Å². The Kier molecular flexibility index (Phi) is 73.9. The van der Waals surface area contributed by atoms with Gasteiger partial charge in [-0.3, -0.25) is 37.9 Å². The van der Waals surface area contributed by atoms with Crippen LogP contribution < -0.4 is 79.9 Å². The van der Waals surface area contributed by atoms with Gasteiger partial charge in [0.2, 0.25) is 0 Å². The van der Waals surface area contributed by atoms with Gasteiger partial charge < -0.3 is 67.1 Å². The standard InChI is InChI=1S/4C18H17N3O2.7C2H6O.2ClHO4.4Ni.2H2O/c4*1-13-17(19-12-14-8-6-7-11-16(14)22)18(23)21(20(13)2)15-9-4-3-5-10-15;7*1-2-3;2*2-1(3,4)5;;;;;;/h4*3-12,22H,1-2H3;7*3H,2H2,1H3;2*(H,2,3,4,5);;;;;2*1H2/q;;;;;;;;;;;;;4*+2;;/p-8. The molecule has 12 aromatic rings. The maximum atomic E-state index is 12.7. The van der Waals surface area contributed by atoms with Crippen LogP contribution in [0.15, 0.2) is 258 Å². The van der Waals surface area contributed by atoms with Gasteiger partial charge in [0.15, 0.2) is 22.7 Å². The molecule has 0 amide bonds. The third kappa shape index (κ3) is 47.6. The second kappa shape index (κ2) is 72.4. The quantitative estimate of drug-likeness (QED) is 0.0590. The molecule has 4 aromatic heterocycles. The molecule has 0 bridgehead atoms. The number of nitrogens with zero attached hydrogens (tertiary/aromatic N) is 12. The van der Waals surface area contributed by atoms with E-state index in [0.29, 0.717) is 45.0 Å². The first-order chi connectivity index (χ1) is 58.3. The topological polar surface area (TPSA) is 635 Å². The monoisotopic (exact) mass is 2010 g/mol. The molecular weight excluding hydrogens is 1910 g/mol. The van der Waals surface area contributed by atoms with Crippen molar-refractivity contribution in [1.29, 1.82) is 0 Å². The fraction of sp³-hybridized carbons (Fsp3) is 0.256. The molecule has 0 atom stereocenters. The van der Waals surface area contributed by atoms with E-state index in [4.69, 9.17) is 73.0 Å². The van der Waals surface area contributed by atoms with Gasteiger partial charge in [-0.1, -0.05) is 170 Å². The van der Waals surface area contributed by atoms with E-state index in [9.17, 15) is 39.6 Å². The summed E-state index contributed by atoms with van der Waals surface area (Å²) in [7, 11) is -2.65. The summed E-state index contributed by atoms with van der Waals surface area (Å²) in [5, 5.41) is 99.9. The van der Waals surface area contributed by atoms with Crippen molar-refractivity contribution < 1.29 is 191 Å². The minimum atomic E-state index is -4.94. The van der Waals surface area contributed by atoms with Crippen LogP contribution in [0.4, 0.5) is 22.7 Å². The van der Waals surface area contributed by atoms with Crippen LogP contribution in [0.25, 0.3) is 22.7 Å². The zero-order valence-electron chi connectivity index (χ0n) is 73.0. The molecule has 0 unspecified atom stereocenters. The van der Waals surface area contributed by atoms with Crippen molar-refractivity contribution in [1.82, 2.24) is 37.5 Å². The largest absolute Gasteiger partial charge is 2.00 e. The number of aromatic nitrogens is 8. The summed E-state index contributed by atoms with van der Waals surface area (Å²) >= 11 is 0. The number of benzene rings is 8. The molecule has 0 aliphatic rings. The number of aliphatic hydroxyl groups excluding tert-OH is 7. The van der Waals surface area contributed by atoms with Crippen molar-refractivity contribution in [3.8, 4) is 45.7 Å². The van der Waals surface area contributed by atoms with E-state index < -0.39 is 20.5 Å². The van der Waals surface area contributed by atoms with Gasteiger partial charge in [0.25, 0.3) is 22.2 Å². The molecule has 716 valence electrons. The maximum Gasteiger partial charge on any atom is 2.00 e. The Bertz CT molecular complexity index is 4710. The van der Waals surface area contributed by atoms with Gasteiger partial charge in [0, 0.05) is 99.3 Å². The van der Waals surface area contributed by atoms with Gasteiger partial charge in [-0.2, -0.15) is 0 Å². The van der Waals surface area contributed by atoms with E-state index in [1.165, 1.54) is 49.1 Å². The molecule has 0 aliphatic heterocycles. The minimum Gasteiger partial charge on any atom is -0.872 e. The number of rotatable bonds is 12. The van der Waals surface area contributed by atoms with Crippen LogP contribution in [0, 0.1) is 48.2 Å². The molecule has 129 heavy (non-hydrogen) atoms. The normalized spacial score (nSPS) is 9.91. The molecular formula is C86H108Cl2N12Ni4O25. The Balaban J connectivity index is -0.000000273. The summed E-state index contributed by atoms with van der Waals surface area (Å²) in [6, 6.07) is 63.9. The molecule has 37 nitrogen and oxygen atoms in total. The maximum absolute atomic E-state index is 12.7. The van der Waals surface area contributed by atoms with Gasteiger partial charge in [-0.15, -0.1) is 43.5 Å². The summed E-state index contributed by atoms with van der Waals surface area (Å²) in [4.78, 5) is 67.7. The van der Waals surface area contributed by atoms with Gasteiger partial charge in [-0.25, -0.2) is 76.0 Å². The van der Waals surface area contributed by atoms with Gasteiger partial charge in [0.1, 0.15) is 0 Å². The van der Waals surface area contributed by atoms with Crippen LogP contribution in [0.2, 0.25) is 0 Å². The second-order valence-corrected chi connectivity index (χ2v) is 25.3. The smallest absolute Gasteiger partial charge is 0.872 e. The molecule has 9 N–H and O–H groups in total. The molecule has 12 rings (SSSR count). The summed E-state index contributed by atoms with van der Waals surface area (Å²) in [6.45, 7) is 20.8. The van der Waals surface area contributed by atoms with Gasteiger partial charge in [0.05, 0.1) is 45.5 Å². The van der Waals surface area contributed by atoms with Crippen molar-refractivity contribution >= 4 is 47.6 Å². The SMILES string of the molecule is CCO.CCO.CCO.CCO.CCO.CCO.CCO.Cc1c(N=Cc2ccccc2[O-])c(=O)n(-c2ccccc2)n1C.Cc1c(N=Cc2ccccc2[O-])c(=O)n(-c2ccccc2)n1C.Cc1c(N=Cc2ccccc2[O-])c(=O)n(-c2ccccc2)n1C.Cc1c(N=Cc2ccccc2[O-])c(=O)n(-c2ccccc2)n1C.[Ni+2].[Ni+2].[Ni+2].[Ni+2].[O-][Cl+3]([O-])([O-])[O-].[O-][Cl+3]([O-])([O-])[O-].[OH-].[OH-]. The van der Waals surface area contributed by atoms with Crippen molar-refractivity contribution in [2.75, 3.05) is 46.2 Å². The Morgan fingerprint density at radius 1 is 0.264 bits per heavy atom. The predicted molar refractivity (Wildman–Crippen MR) is 449 cm³/mol. The van der Waals surface area contributed by atoms with Crippen molar-refractivity contribution in [3.05, 3.63) is 305 Å². The molecule has 0 saturated heterocycles. The number of aliphatic hydroxyl groups is 7. The molecule has 0 saturated carbocycles. The summed E-state index contributed by atoms with van der Waals surface area (Å²) in [5.74, 6) is -0.470. The van der Waals surface area contributed by atoms with E-state index in [2.05, 4.69) is 20.0 Å². The summed E-state index contributed by atoms with van der Waals surface area (Å²) in [5.41, 5.74) is 8.35. The first-order valence-corrected chi connectivity index (χ1v) is 39.8. The fourth-order valence-electron chi connectivity index (χ4n) is 9.70. The van der Waals surface area contributed by atoms with Crippen LogP contribution in [-0.2, 0) is 94.2 Å². The second-order valence-electron chi connectivity index (χ2n) is 23.8. The molecule has 43 heteroatoms. The van der Waals surface area contributed by atoms with E-state index >= 15 is 0 Å². The van der Waals surface area contributed by atoms with Gasteiger partial charge >= 0.3 is 66.0 Å². The average Bonchev–Trinajstić information content (AvgIpc) is 1.66. The van der Waals surface area contributed by atoms with E-state index in [1.54, 1.807) is 159 Å². The van der Waals surface area contributed by atoms with Crippen molar-refractivity contribution in [2.24, 2.45) is 48.2 Å². The van der Waals surface area contributed by atoms with Crippen molar-refractivity contribution in [3.63, 3.8) is 0 Å². The number of hydrogen-bond donors (Lipinski definition) is 7. The van der Waals surface area contributed by atoms with E-state index in [-0.39, 0.29) is 168 Å². The van der Waals surface area contributed by atoms with Crippen LogP contribution in [0.1, 0.15) is 93.5 Å². The van der Waals surface area contributed by atoms with Gasteiger partial charge in [-0.05, 0) is 147 Å². The van der Waals surface area contributed by atoms with Crippen LogP contribution >= 0.6 is 0 Å². The summed E-state index contributed by atoms with van der Waals surface area (Å²) in [6.07, 6.45) is 5.78. The Morgan fingerprint density at radius 3 is 0.504 bits per heavy atom. The predicted octanol–water partition coefficient (Wildman–Crippen LogP) is -0.651. The van der Waals surface area contributed by atoms with Crippen molar-refractivity contribution in [2.45, 2.75) is 76.2 Å². The zero-order chi connectivity index (χ0) is 93.5. The zero-order valence-corrected chi connectivity index (χ0v) is 78.5. The third-order valence-electron chi connectivity index (χ3n) is 15.1. The third-order valence-corrected chi connectivity index (χ3v) is 15.1. The Morgan fingerprint density at radius 2 is 0.380 bits per heavy atom. The first-order valence-electron chi connectivity index (χ1n) is 37.3. The van der Waals surface area contributed by atoms with Crippen LogP contribution in [0.5, 0.6) is 23.0 Å². The fourth-order valence-corrected chi connectivity index (χ4v) is 9.70. The molecule has 8 aromatic carbocycles.